The van der Waals surface area contributed by atoms with E-state index in [1.807, 2.05) is 0 Å². The largest absolute Gasteiger partial charge is 0.616 e. The zero-order valence-corrected chi connectivity index (χ0v) is 13.7. The van der Waals surface area contributed by atoms with E-state index in [-0.39, 0.29) is 24.2 Å². The van der Waals surface area contributed by atoms with Gasteiger partial charge in [-0.05, 0) is 36.9 Å². The number of rotatable bonds is 5. The Morgan fingerprint density at radius 2 is 1.59 bits per heavy atom. The van der Waals surface area contributed by atoms with Crippen LogP contribution in [0.2, 0.25) is 0 Å². The molecular formula is C16H24O5S. The Morgan fingerprint density at radius 1 is 1.00 bits per heavy atom. The quantitative estimate of drug-likeness (QED) is 0.439. The molecule has 1 saturated carbocycles. The second kappa shape index (κ2) is 8.58. The fourth-order valence-electron chi connectivity index (χ4n) is 2.68. The molecule has 0 aromatic rings. The van der Waals surface area contributed by atoms with Crippen LogP contribution in [0.5, 0.6) is 0 Å². The summed E-state index contributed by atoms with van der Waals surface area (Å²) in [7, 11) is 0. The molecule has 0 unspecified atom stereocenters. The van der Waals surface area contributed by atoms with Crippen LogP contribution in [0.4, 0.5) is 0 Å². The number of hydrogen-bond donors (Lipinski definition) is 0. The van der Waals surface area contributed by atoms with Crippen LogP contribution in [0, 0.1) is 0 Å². The summed E-state index contributed by atoms with van der Waals surface area (Å²) in [4.78, 5) is 23.7. The van der Waals surface area contributed by atoms with Crippen LogP contribution in [0.1, 0.15) is 51.4 Å². The van der Waals surface area contributed by atoms with E-state index in [9.17, 15) is 14.1 Å². The lowest BCUT2D eigenvalue weighted by atomic mass is 9.98. The zero-order chi connectivity index (χ0) is 15.9. The molecule has 124 valence electrons. The summed E-state index contributed by atoms with van der Waals surface area (Å²) in [6.45, 7) is 3.60. The third-order valence-electron chi connectivity index (χ3n) is 4.01. The smallest absolute Gasteiger partial charge is 0.334 e. The highest BCUT2D eigenvalue weighted by atomic mass is 32.2. The van der Waals surface area contributed by atoms with Crippen LogP contribution < -0.4 is 0 Å². The van der Waals surface area contributed by atoms with Crippen molar-refractivity contribution in [3.8, 4) is 0 Å². The van der Waals surface area contributed by atoms with Crippen LogP contribution in [-0.4, -0.2) is 40.2 Å². The molecule has 6 heteroatoms. The summed E-state index contributed by atoms with van der Waals surface area (Å²) in [5.74, 6) is -0.238. The van der Waals surface area contributed by atoms with Gasteiger partial charge in [0.2, 0.25) is 0 Å². The number of ether oxygens (including phenoxy) is 2. The first-order chi connectivity index (χ1) is 10.5. The number of carbonyl (C=O) groups excluding carboxylic acids is 2. The van der Waals surface area contributed by atoms with Crippen LogP contribution in [0.3, 0.4) is 0 Å². The fourth-order valence-corrected chi connectivity index (χ4v) is 3.55. The van der Waals surface area contributed by atoms with E-state index >= 15 is 0 Å². The van der Waals surface area contributed by atoms with Crippen molar-refractivity contribution < 1.29 is 23.6 Å². The van der Waals surface area contributed by atoms with Gasteiger partial charge in [0.05, 0.1) is 6.42 Å². The average molecular weight is 328 g/mol. The SMILES string of the molecule is C=C(CC(=O)OC1CCCCCCC1)C(=O)OC1C[S+]([O-])C1. The summed E-state index contributed by atoms with van der Waals surface area (Å²) < 4.78 is 21.5. The average Bonchev–Trinajstić information content (AvgIpc) is 2.39. The van der Waals surface area contributed by atoms with Gasteiger partial charge in [0.1, 0.15) is 17.6 Å². The third-order valence-corrected chi connectivity index (χ3v) is 5.50. The first-order valence-electron chi connectivity index (χ1n) is 7.98. The summed E-state index contributed by atoms with van der Waals surface area (Å²) in [6.07, 6.45) is 7.14. The molecule has 0 atom stereocenters. The van der Waals surface area contributed by atoms with Crippen molar-refractivity contribution >= 4 is 23.1 Å². The molecule has 0 N–H and O–H groups in total. The maximum Gasteiger partial charge on any atom is 0.334 e. The summed E-state index contributed by atoms with van der Waals surface area (Å²) >= 11 is -0.869. The van der Waals surface area contributed by atoms with Crippen LogP contribution in [0.25, 0.3) is 0 Å². The lowest BCUT2D eigenvalue weighted by Gasteiger charge is -2.28. The molecule has 0 spiro atoms. The molecule has 1 saturated heterocycles. The fraction of sp³-hybridized carbons (Fsp3) is 0.750. The Hall–Kier alpha value is -1.01. The van der Waals surface area contributed by atoms with E-state index in [4.69, 9.17) is 9.47 Å². The van der Waals surface area contributed by atoms with Gasteiger partial charge in [-0.2, -0.15) is 0 Å². The van der Waals surface area contributed by atoms with Crippen LogP contribution in [0.15, 0.2) is 12.2 Å². The molecule has 22 heavy (non-hydrogen) atoms. The standard InChI is InChI=1S/C16H24O5S/c1-12(16(18)21-14-10-22(19)11-14)9-15(17)20-13-7-5-3-2-4-6-8-13/h13-14H,1-11H2. The normalized spacial score (nSPS) is 26.2. The molecule has 2 aliphatic rings. The molecule has 2 rings (SSSR count). The Labute approximate surface area is 134 Å². The minimum Gasteiger partial charge on any atom is -0.616 e. The highest BCUT2D eigenvalue weighted by Crippen LogP contribution is 2.21. The first-order valence-corrected chi connectivity index (χ1v) is 9.46. The lowest BCUT2D eigenvalue weighted by Crippen LogP contribution is -2.44. The molecule has 1 aliphatic carbocycles. The topological polar surface area (TPSA) is 75.7 Å². The third kappa shape index (κ3) is 5.65. The van der Waals surface area contributed by atoms with Crippen molar-refractivity contribution in [1.82, 2.24) is 0 Å². The Kier molecular flexibility index (Phi) is 6.76. The molecule has 0 bridgehead atoms. The van der Waals surface area contributed by atoms with Gasteiger partial charge in [-0.3, -0.25) is 4.79 Å². The molecule has 0 aromatic heterocycles. The molecule has 0 radical (unpaired) electrons. The van der Waals surface area contributed by atoms with Crippen molar-refractivity contribution in [3.63, 3.8) is 0 Å². The maximum absolute atomic E-state index is 11.9. The highest BCUT2D eigenvalue weighted by molar-refractivity contribution is 7.92. The lowest BCUT2D eigenvalue weighted by molar-refractivity contribution is -0.152. The minimum absolute atomic E-state index is 0.0364. The Bertz CT molecular complexity index is 409. The predicted molar refractivity (Wildman–Crippen MR) is 83.7 cm³/mol. The van der Waals surface area contributed by atoms with Gasteiger partial charge < -0.3 is 14.0 Å². The molecule has 1 aliphatic heterocycles. The van der Waals surface area contributed by atoms with Crippen molar-refractivity contribution in [2.24, 2.45) is 0 Å². The number of esters is 2. The van der Waals surface area contributed by atoms with Gasteiger partial charge in [-0.25, -0.2) is 4.79 Å². The van der Waals surface area contributed by atoms with Crippen molar-refractivity contribution in [2.75, 3.05) is 11.5 Å². The Balaban J connectivity index is 1.68. The first kappa shape index (κ1) is 17.3. The second-order valence-electron chi connectivity index (χ2n) is 6.04. The van der Waals surface area contributed by atoms with Crippen molar-refractivity contribution in [1.29, 1.82) is 0 Å². The van der Waals surface area contributed by atoms with Crippen molar-refractivity contribution in [2.45, 2.75) is 63.6 Å². The van der Waals surface area contributed by atoms with Gasteiger partial charge in [0.25, 0.3) is 0 Å². The van der Waals surface area contributed by atoms with Gasteiger partial charge in [0, 0.05) is 5.57 Å². The molecule has 0 amide bonds. The summed E-state index contributed by atoms with van der Waals surface area (Å²) in [5.41, 5.74) is 0.105. The molecule has 2 fully saturated rings. The van der Waals surface area contributed by atoms with Gasteiger partial charge in [0.15, 0.2) is 6.10 Å². The zero-order valence-electron chi connectivity index (χ0n) is 12.9. The van der Waals surface area contributed by atoms with E-state index < -0.39 is 23.1 Å². The van der Waals surface area contributed by atoms with Crippen molar-refractivity contribution in [3.05, 3.63) is 12.2 Å². The van der Waals surface area contributed by atoms with E-state index in [1.54, 1.807) is 0 Å². The molecule has 1 heterocycles. The van der Waals surface area contributed by atoms with Gasteiger partial charge in [-0.15, -0.1) is 0 Å². The molecule has 0 aromatic carbocycles. The highest BCUT2D eigenvalue weighted by Gasteiger charge is 2.35. The predicted octanol–water partition coefficient (Wildman–Crippen LogP) is 2.26. The van der Waals surface area contributed by atoms with Gasteiger partial charge in [-0.1, -0.05) is 25.8 Å². The maximum atomic E-state index is 11.9. The minimum atomic E-state index is -0.869. The number of carbonyl (C=O) groups is 2. The number of hydrogen-bond acceptors (Lipinski definition) is 5. The van der Waals surface area contributed by atoms with Crippen LogP contribution in [-0.2, 0) is 30.2 Å². The van der Waals surface area contributed by atoms with Gasteiger partial charge >= 0.3 is 11.9 Å². The van der Waals surface area contributed by atoms with E-state index in [2.05, 4.69) is 6.58 Å². The monoisotopic (exact) mass is 328 g/mol. The molecule has 5 nitrogen and oxygen atoms in total. The van der Waals surface area contributed by atoms with Crippen LogP contribution >= 0.6 is 0 Å². The van der Waals surface area contributed by atoms with E-state index in [1.165, 1.54) is 19.3 Å². The molecular weight excluding hydrogens is 304 g/mol. The Morgan fingerprint density at radius 3 is 2.18 bits per heavy atom. The van der Waals surface area contributed by atoms with E-state index in [0.29, 0.717) is 11.5 Å². The summed E-state index contributed by atoms with van der Waals surface area (Å²) in [6, 6.07) is 0. The summed E-state index contributed by atoms with van der Waals surface area (Å²) in [5, 5.41) is 0. The second-order valence-corrected chi connectivity index (χ2v) is 7.58. The van der Waals surface area contributed by atoms with E-state index in [0.717, 1.165) is 25.7 Å².